The van der Waals surface area contributed by atoms with E-state index in [2.05, 4.69) is 4.98 Å². The van der Waals surface area contributed by atoms with Crippen molar-refractivity contribution in [1.82, 2.24) is 9.88 Å². The van der Waals surface area contributed by atoms with E-state index in [0.717, 1.165) is 11.3 Å². The van der Waals surface area contributed by atoms with Gasteiger partial charge in [-0.05, 0) is 0 Å². The monoisotopic (exact) mass is 226 g/mol. The van der Waals surface area contributed by atoms with Crippen LogP contribution >= 0.6 is 11.3 Å². The van der Waals surface area contributed by atoms with E-state index in [4.69, 9.17) is 5.73 Å². The number of nitrogen functional groups attached to an aromatic ring is 1. The molecule has 15 heavy (non-hydrogen) atoms. The molecule has 2 amide bonds. The molecule has 1 aromatic heterocycles. The number of hydrogen-bond acceptors (Lipinski definition) is 6. The number of nitrogens with zero attached hydrogens (tertiary/aromatic N) is 2. The van der Waals surface area contributed by atoms with Crippen LogP contribution in [0.25, 0.3) is 0 Å². The molecule has 1 atom stereocenters. The van der Waals surface area contributed by atoms with Gasteiger partial charge in [0.05, 0.1) is 5.69 Å². The summed E-state index contributed by atoms with van der Waals surface area (Å²) in [6.07, 6.45) is 1.85. The molecule has 1 heterocycles. The van der Waals surface area contributed by atoms with Crippen LogP contribution in [-0.2, 0) is 14.4 Å². The Morgan fingerprint density at radius 2 is 2.47 bits per heavy atom. The zero-order valence-electron chi connectivity index (χ0n) is 7.84. The van der Waals surface area contributed by atoms with E-state index in [1.54, 1.807) is 6.29 Å². The molecular formula is C8H8N3O3S. The molecule has 0 saturated carbocycles. The number of thiazole rings is 1. The maximum atomic E-state index is 11.0. The smallest absolute Gasteiger partial charge is 0.230 e. The summed E-state index contributed by atoms with van der Waals surface area (Å²) in [4.78, 5) is 36.8. The van der Waals surface area contributed by atoms with Crippen molar-refractivity contribution in [2.45, 2.75) is 13.0 Å². The summed E-state index contributed by atoms with van der Waals surface area (Å²) in [5.41, 5.74) is 5.62. The van der Waals surface area contributed by atoms with Gasteiger partial charge in [0.15, 0.2) is 5.13 Å². The molecule has 1 unspecified atom stereocenters. The highest BCUT2D eigenvalue weighted by Crippen LogP contribution is 2.21. The molecule has 79 valence electrons. The number of anilines is 1. The van der Waals surface area contributed by atoms with Crippen molar-refractivity contribution in [3.8, 4) is 0 Å². The predicted molar refractivity (Wildman–Crippen MR) is 53.5 cm³/mol. The quantitative estimate of drug-likeness (QED) is 0.722. The highest BCUT2D eigenvalue weighted by atomic mass is 32.1. The molecule has 1 radical (unpaired) electrons. The number of aromatic nitrogens is 1. The van der Waals surface area contributed by atoms with Crippen LogP contribution in [0.3, 0.4) is 0 Å². The largest absolute Gasteiger partial charge is 0.375 e. The molecule has 2 N–H and O–H groups in total. The zero-order chi connectivity index (χ0) is 11.4. The van der Waals surface area contributed by atoms with Gasteiger partial charge >= 0.3 is 0 Å². The van der Waals surface area contributed by atoms with Crippen molar-refractivity contribution >= 4 is 35.1 Å². The van der Waals surface area contributed by atoms with E-state index in [1.165, 1.54) is 12.3 Å². The first-order valence-corrected chi connectivity index (χ1v) is 4.81. The fourth-order valence-electron chi connectivity index (χ4n) is 1.00. The van der Waals surface area contributed by atoms with Crippen LogP contribution in [0.15, 0.2) is 5.38 Å². The third-order valence-corrected chi connectivity index (χ3v) is 2.38. The highest BCUT2D eigenvalue weighted by molar-refractivity contribution is 7.13. The predicted octanol–water partition coefficient (Wildman–Crippen LogP) is -0.119. The van der Waals surface area contributed by atoms with E-state index < -0.39 is 11.9 Å². The maximum absolute atomic E-state index is 11.0. The van der Waals surface area contributed by atoms with Crippen molar-refractivity contribution in [1.29, 1.82) is 0 Å². The lowest BCUT2D eigenvalue weighted by Crippen LogP contribution is -2.32. The second-order valence-electron chi connectivity index (χ2n) is 2.66. The minimum absolute atomic E-state index is 0.245. The van der Waals surface area contributed by atoms with Crippen LogP contribution in [0.4, 0.5) is 5.13 Å². The van der Waals surface area contributed by atoms with Gasteiger partial charge in [0.1, 0.15) is 6.04 Å². The van der Waals surface area contributed by atoms with Crippen LogP contribution < -0.4 is 5.73 Å². The Hall–Kier alpha value is -1.76. The number of amides is 2. The van der Waals surface area contributed by atoms with Gasteiger partial charge in [-0.15, -0.1) is 11.3 Å². The second-order valence-corrected chi connectivity index (χ2v) is 3.55. The number of rotatable bonds is 4. The average Bonchev–Trinajstić information content (AvgIpc) is 2.60. The van der Waals surface area contributed by atoms with Crippen LogP contribution in [0.2, 0.25) is 0 Å². The molecule has 7 heteroatoms. The van der Waals surface area contributed by atoms with Crippen LogP contribution in [0.1, 0.15) is 18.7 Å². The summed E-state index contributed by atoms with van der Waals surface area (Å²) in [5, 5.41) is 1.77. The Bertz CT molecular complexity index is 390. The Morgan fingerprint density at radius 3 is 2.80 bits per heavy atom. The van der Waals surface area contributed by atoms with E-state index in [1.807, 2.05) is 0 Å². The molecule has 0 aromatic carbocycles. The number of carbonyl (C=O) groups excluding carboxylic acids is 3. The zero-order valence-corrected chi connectivity index (χ0v) is 8.65. The number of carbonyl (C=O) groups is 2. The number of nitrogens with two attached hydrogens (primary N) is 1. The van der Waals surface area contributed by atoms with E-state index in [0.29, 0.717) is 4.90 Å². The minimum atomic E-state index is -1.12. The number of hydrogen-bond donors (Lipinski definition) is 1. The van der Waals surface area contributed by atoms with Gasteiger partial charge in [-0.2, -0.15) is 0 Å². The molecule has 0 aliphatic rings. The number of imide groups is 1. The van der Waals surface area contributed by atoms with Crippen LogP contribution in [0.5, 0.6) is 0 Å². The van der Waals surface area contributed by atoms with Crippen molar-refractivity contribution in [3.05, 3.63) is 11.1 Å². The maximum Gasteiger partial charge on any atom is 0.230 e. The normalized spacial score (nSPS) is 11.8. The Labute approximate surface area is 89.7 Å². The Morgan fingerprint density at radius 1 is 1.80 bits per heavy atom. The second kappa shape index (κ2) is 4.65. The van der Waals surface area contributed by atoms with Gasteiger partial charge in [-0.1, -0.05) is 0 Å². The van der Waals surface area contributed by atoms with E-state index in [9.17, 15) is 14.4 Å². The van der Waals surface area contributed by atoms with Gasteiger partial charge in [-0.25, -0.2) is 4.98 Å². The lowest BCUT2D eigenvalue weighted by atomic mass is 10.2. The lowest BCUT2D eigenvalue weighted by Gasteiger charge is -2.17. The van der Waals surface area contributed by atoms with Gasteiger partial charge < -0.3 is 5.73 Å². The summed E-state index contributed by atoms with van der Waals surface area (Å²) in [7, 11) is 0. The summed E-state index contributed by atoms with van der Waals surface area (Å²) in [6, 6.07) is -1.12. The van der Waals surface area contributed by atoms with Crippen LogP contribution in [-0.4, -0.2) is 28.5 Å². The fraction of sp³-hybridized carbons (Fsp3) is 0.250. The molecule has 0 fully saturated rings. The van der Waals surface area contributed by atoms with Crippen molar-refractivity contribution in [2.24, 2.45) is 0 Å². The average molecular weight is 226 g/mol. The summed E-state index contributed by atoms with van der Waals surface area (Å²) >= 11 is 1.12. The van der Waals surface area contributed by atoms with Gasteiger partial charge in [0, 0.05) is 12.3 Å². The van der Waals surface area contributed by atoms with Gasteiger partial charge in [0.2, 0.25) is 18.6 Å². The highest BCUT2D eigenvalue weighted by Gasteiger charge is 2.24. The van der Waals surface area contributed by atoms with E-state index >= 15 is 0 Å². The molecule has 1 aromatic rings. The summed E-state index contributed by atoms with van der Waals surface area (Å²) in [5.74, 6) is -0.551. The SMILES string of the molecule is CC(=O)N(C=O)C([C]=O)c1csc(N)n1. The topological polar surface area (TPSA) is 93.4 Å². The van der Waals surface area contributed by atoms with Crippen molar-refractivity contribution in [2.75, 3.05) is 5.73 Å². The van der Waals surface area contributed by atoms with Gasteiger partial charge in [0.25, 0.3) is 0 Å². The molecule has 0 saturated heterocycles. The lowest BCUT2D eigenvalue weighted by molar-refractivity contribution is -0.137. The van der Waals surface area contributed by atoms with Gasteiger partial charge in [-0.3, -0.25) is 19.3 Å². The standard InChI is InChI=1S/C8H8N3O3S/c1-5(14)11(4-13)7(2-12)6-3-15-8(9)10-6/h3-4,7H,1H3,(H2,9,10). The Kier molecular flexibility index (Phi) is 3.51. The molecule has 1 rings (SSSR count). The minimum Gasteiger partial charge on any atom is -0.375 e. The molecule has 0 aliphatic heterocycles. The first-order chi connectivity index (χ1) is 7.10. The molecule has 0 aliphatic carbocycles. The third-order valence-electron chi connectivity index (χ3n) is 1.69. The van der Waals surface area contributed by atoms with Crippen molar-refractivity contribution < 1.29 is 14.4 Å². The van der Waals surface area contributed by atoms with E-state index in [-0.39, 0.29) is 17.2 Å². The first-order valence-electron chi connectivity index (χ1n) is 3.93. The fourth-order valence-corrected chi connectivity index (χ4v) is 1.58. The molecule has 0 spiro atoms. The van der Waals surface area contributed by atoms with Crippen LogP contribution in [0, 0.1) is 0 Å². The first kappa shape index (κ1) is 11.3. The molecule has 0 bridgehead atoms. The van der Waals surface area contributed by atoms with Crippen molar-refractivity contribution in [3.63, 3.8) is 0 Å². The Balaban J connectivity index is 3.01. The molecule has 6 nitrogen and oxygen atoms in total. The summed E-state index contributed by atoms with van der Waals surface area (Å²) < 4.78 is 0. The third kappa shape index (κ3) is 2.38. The molecular weight excluding hydrogens is 218 g/mol. The summed E-state index contributed by atoms with van der Waals surface area (Å²) in [6.45, 7) is 1.18.